The van der Waals surface area contributed by atoms with Gasteiger partial charge in [0.25, 0.3) is 11.8 Å². The molecule has 0 radical (unpaired) electrons. The first-order valence-electron chi connectivity index (χ1n) is 13.0. The average Bonchev–Trinajstić information content (AvgIpc) is 3.58. The number of nitrogen functional groups attached to an aromatic ring is 1. The lowest BCUT2D eigenvalue weighted by Gasteiger charge is -2.50. The van der Waals surface area contributed by atoms with Crippen molar-refractivity contribution in [2.24, 2.45) is 5.16 Å². The second kappa shape index (κ2) is 11.8. The number of aromatic nitrogens is 3. The third-order valence-electron chi connectivity index (χ3n) is 6.86. The van der Waals surface area contributed by atoms with Crippen LogP contribution in [-0.4, -0.2) is 87.8 Å². The molecule has 2 atom stereocenters. The molecule has 2 amide bonds. The van der Waals surface area contributed by atoms with Gasteiger partial charge in [-0.15, -0.1) is 15.6 Å². The van der Waals surface area contributed by atoms with Crippen LogP contribution in [0.15, 0.2) is 35.1 Å². The van der Waals surface area contributed by atoms with Gasteiger partial charge in [-0.3, -0.25) is 14.1 Å². The lowest BCUT2D eigenvalue weighted by atomic mass is 9.84. The summed E-state index contributed by atoms with van der Waals surface area (Å²) in [6, 6.07) is 2.48. The zero-order valence-corrected chi connectivity index (χ0v) is 24.4. The smallest absolute Gasteiger partial charge is 0.418 e. The SMILES string of the molecule is CC1(C)C(NC(=O)/C(=N\OCCOc2ccc3nc(C4CCCNC4)cn3c2)c2csc(N)n2)C(=O)N1OS(=O)(=O)O. The Morgan fingerprint density at radius 2 is 2.12 bits per heavy atom. The number of carbonyl (C=O) groups is 2. The molecular weight excluding hydrogens is 592 g/mol. The van der Waals surface area contributed by atoms with E-state index >= 15 is 0 Å². The summed E-state index contributed by atoms with van der Waals surface area (Å²) in [7, 11) is -4.94. The van der Waals surface area contributed by atoms with Crippen LogP contribution in [0, 0.1) is 0 Å². The van der Waals surface area contributed by atoms with Crippen LogP contribution in [0.25, 0.3) is 5.65 Å². The Hall–Kier alpha value is -3.84. The molecule has 5 rings (SSSR count). The van der Waals surface area contributed by atoms with Crippen LogP contribution in [0.5, 0.6) is 5.75 Å². The van der Waals surface area contributed by atoms with Gasteiger partial charge in [0.05, 0.1) is 17.4 Å². The molecule has 0 spiro atoms. The summed E-state index contributed by atoms with van der Waals surface area (Å²) in [5, 5.41) is 11.9. The van der Waals surface area contributed by atoms with Crippen LogP contribution < -0.4 is 21.1 Å². The van der Waals surface area contributed by atoms with Gasteiger partial charge in [-0.25, -0.2) is 9.97 Å². The number of nitrogens with zero attached hydrogens (tertiary/aromatic N) is 5. The molecule has 2 aliphatic rings. The Balaban J connectivity index is 1.19. The Labute approximate surface area is 244 Å². The largest absolute Gasteiger partial charge is 0.488 e. The molecule has 5 N–H and O–H groups in total. The number of hydrogen-bond acceptors (Lipinski definition) is 13. The van der Waals surface area contributed by atoms with E-state index in [4.69, 9.17) is 24.8 Å². The minimum atomic E-state index is -4.94. The molecule has 16 nitrogen and oxygen atoms in total. The highest BCUT2D eigenvalue weighted by Crippen LogP contribution is 2.33. The summed E-state index contributed by atoms with van der Waals surface area (Å²) in [5.41, 5.74) is 6.12. The summed E-state index contributed by atoms with van der Waals surface area (Å²) < 4.78 is 43.0. The summed E-state index contributed by atoms with van der Waals surface area (Å²) >= 11 is 1.07. The lowest BCUT2D eigenvalue weighted by molar-refractivity contribution is -0.218. The number of thiazole rings is 1. The third kappa shape index (κ3) is 6.46. The Morgan fingerprint density at radius 3 is 2.79 bits per heavy atom. The quantitative estimate of drug-likeness (QED) is 0.0756. The van der Waals surface area contributed by atoms with E-state index in [9.17, 15) is 18.0 Å². The Morgan fingerprint density at radius 1 is 1.31 bits per heavy atom. The number of imidazole rings is 1. The van der Waals surface area contributed by atoms with Crippen molar-refractivity contribution < 1.29 is 36.4 Å². The number of β-lactam (4-membered cyclic amide) rings is 1. The van der Waals surface area contributed by atoms with Crippen molar-refractivity contribution >= 4 is 50.0 Å². The zero-order chi connectivity index (χ0) is 30.1. The molecule has 42 heavy (non-hydrogen) atoms. The van der Waals surface area contributed by atoms with Crippen LogP contribution in [0.2, 0.25) is 0 Å². The average molecular weight is 623 g/mol. The second-order valence-electron chi connectivity index (χ2n) is 10.2. The highest BCUT2D eigenvalue weighted by molar-refractivity contribution is 7.80. The molecule has 18 heteroatoms. The summed E-state index contributed by atoms with van der Waals surface area (Å²) in [6.45, 7) is 4.89. The molecule has 2 fully saturated rings. The minimum absolute atomic E-state index is 0.0266. The van der Waals surface area contributed by atoms with E-state index < -0.39 is 33.8 Å². The first-order valence-corrected chi connectivity index (χ1v) is 15.2. The number of nitrogens with one attached hydrogen (secondary N) is 2. The van der Waals surface area contributed by atoms with E-state index in [1.54, 1.807) is 6.07 Å². The number of anilines is 1. The maximum absolute atomic E-state index is 13.1. The third-order valence-corrected chi connectivity index (χ3v) is 7.87. The van der Waals surface area contributed by atoms with E-state index in [1.165, 1.54) is 19.2 Å². The first kappa shape index (κ1) is 29.6. The molecule has 0 saturated carbocycles. The van der Waals surface area contributed by atoms with Gasteiger partial charge in [0, 0.05) is 24.0 Å². The normalized spacial score (nSPS) is 20.8. The van der Waals surface area contributed by atoms with E-state index in [1.807, 2.05) is 22.9 Å². The number of amides is 2. The number of piperidine rings is 1. The molecule has 0 aromatic carbocycles. The second-order valence-corrected chi connectivity index (χ2v) is 12.1. The van der Waals surface area contributed by atoms with Crippen molar-refractivity contribution in [2.45, 2.75) is 44.2 Å². The van der Waals surface area contributed by atoms with Crippen LogP contribution >= 0.6 is 11.3 Å². The summed E-state index contributed by atoms with van der Waals surface area (Å²) in [6.07, 6.45) is 6.05. The lowest BCUT2D eigenvalue weighted by Crippen LogP contribution is -2.76. The monoisotopic (exact) mass is 622 g/mol. The van der Waals surface area contributed by atoms with E-state index in [-0.39, 0.29) is 29.8 Å². The first-order chi connectivity index (χ1) is 19.9. The van der Waals surface area contributed by atoms with E-state index in [2.05, 4.69) is 25.1 Å². The number of pyridine rings is 1. The maximum Gasteiger partial charge on any atom is 0.418 e. The number of hydroxylamine groups is 2. The van der Waals surface area contributed by atoms with E-state index in [0.717, 1.165) is 48.6 Å². The number of ether oxygens (including phenoxy) is 1. The van der Waals surface area contributed by atoms with Crippen molar-refractivity contribution in [2.75, 3.05) is 32.0 Å². The molecule has 0 bridgehead atoms. The molecule has 0 aliphatic carbocycles. The predicted molar refractivity (Wildman–Crippen MR) is 150 cm³/mol. The fourth-order valence-electron chi connectivity index (χ4n) is 4.70. The fourth-order valence-corrected chi connectivity index (χ4v) is 5.71. The number of oxime groups is 1. The fraction of sp³-hybridized carbons (Fsp3) is 0.458. The topological polar surface area (TPSA) is 212 Å². The Bertz CT molecular complexity index is 1610. The minimum Gasteiger partial charge on any atom is -0.488 e. The highest BCUT2D eigenvalue weighted by Gasteiger charge is 2.58. The molecule has 226 valence electrons. The number of hydrogen-bond donors (Lipinski definition) is 4. The predicted octanol–water partition coefficient (Wildman–Crippen LogP) is 0.480. The molecule has 2 unspecified atom stereocenters. The Kier molecular flexibility index (Phi) is 8.33. The molecule has 2 saturated heterocycles. The van der Waals surface area contributed by atoms with Gasteiger partial charge in [-0.05, 0) is 45.4 Å². The molecule has 3 aromatic heterocycles. The maximum atomic E-state index is 13.1. The summed E-state index contributed by atoms with van der Waals surface area (Å²) in [5.74, 6) is -0.747. The molecule has 5 heterocycles. The van der Waals surface area contributed by atoms with Gasteiger partial charge in [-0.1, -0.05) is 5.16 Å². The van der Waals surface area contributed by atoms with Gasteiger partial charge < -0.3 is 30.3 Å². The number of fused-ring (bicyclic) bond motifs is 1. The highest BCUT2D eigenvalue weighted by atomic mass is 32.3. The van der Waals surface area contributed by atoms with Crippen LogP contribution in [-0.2, 0) is 29.1 Å². The van der Waals surface area contributed by atoms with Crippen LogP contribution in [0.4, 0.5) is 5.13 Å². The van der Waals surface area contributed by atoms with Gasteiger partial charge in [0.15, 0.2) is 17.5 Å². The van der Waals surface area contributed by atoms with Crippen molar-refractivity contribution in [3.63, 3.8) is 0 Å². The molecule has 3 aromatic rings. The van der Waals surface area contributed by atoms with Gasteiger partial charge in [0.1, 0.15) is 29.7 Å². The standard InChI is InChI=1S/C24H30N8O8S2/c1-24(2)20(22(34)32(24)40-42(35,36)37)29-21(33)19(17-13-41-23(25)28-17)30-39-9-8-38-15-5-6-18-27-16(12-31(18)11-15)14-4-3-7-26-10-14/h5-6,11-14,20,26H,3-4,7-10H2,1-2H3,(H2,25,28)(H,29,33)(H,35,36,37)/b30-19-. The van der Waals surface area contributed by atoms with Crippen molar-refractivity contribution in [1.29, 1.82) is 0 Å². The zero-order valence-electron chi connectivity index (χ0n) is 22.7. The van der Waals surface area contributed by atoms with Gasteiger partial charge in [0.2, 0.25) is 0 Å². The van der Waals surface area contributed by atoms with Crippen LogP contribution in [0.3, 0.4) is 0 Å². The molecule has 2 aliphatic heterocycles. The number of carbonyl (C=O) groups excluding carboxylic acids is 2. The molecular formula is C24H30N8O8S2. The van der Waals surface area contributed by atoms with Crippen molar-refractivity contribution in [3.8, 4) is 5.75 Å². The van der Waals surface area contributed by atoms with Gasteiger partial charge in [-0.2, -0.15) is 13.5 Å². The van der Waals surface area contributed by atoms with Crippen molar-refractivity contribution in [3.05, 3.63) is 41.3 Å². The number of rotatable bonds is 11. The van der Waals surface area contributed by atoms with Crippen molar-refractivity contribution in [1.82, 2.24) is 30.1 Å². The summed E-state index contributed by atoms with van der Waals surface area (Å²) in [4.78, 5) is 39.6. The van der Waals surface area contributed by atoms with Gasteiger partial charge >= 0.3 is 10.4 Å². The van der Waals surface area contributed by atoms with E-state index in [0.29, 0.717) is 16.7 Å². The number of nitrogens with two attached hydrogens (primary N) is 1. The van der Waals surface area contributed by atoms with Crippen LogP contribution in [0.1, 0.15) is 44.0 Å².